The van der Waals surface area contributed by atoms with Gasteiger partial charge in [0.15, 0.2) is 0 Å². The lowest BCUT2D eigenvalue weighted by atomic mass is 10.1. The van der Waals surface area contributed by atoms with Crippen LogP contribution in [0.5, 0.6) is 0 Å². The summed E-state index contributed by atoms with van der Waals surface area (Å²) < 4.78 is 26.3. The summed E-state index contributed by atoms with van der Waals surface area (Å²) in [6.45, 7) is 4.14. The lowest BCUT2D eigenvalue weighted by Crippen LogP contribution is -2.29. The first kappa shape index (κ1) is 22.6. The second kappa shape index (κ2) is 9.08. The normalized spacial score (nSPS) is 11.4. The molecule has 0 aliphatic carbocycles. The number of hydrogen-bond acceptors (Lipinski definition) is 3. The van der Waals surface area contributed by atoms with Gasteiger partial charge in [-0.25, -0.2) is 8.42 Å². The van der Waals surface area contributed by atoms with Crippen molar-refractivity contribution in [1.29, 1.82) is 0 Å². The fourth-order valence-electron chi connectivity index (χ4n) is 3.74. The third-order valence-electron chi connectivity index (χ3n) is 5.76. The summed E-state index contributed by atoms with van der Waals surface area (Å²) in [4.78, 5) is 12.8. The largest absolute Gasteiger partial charge is 0.321 e. The van der Waals surface area contributed by atoms with Crippen LogP contribution in [0.2, 0.25) is 0 Å². The minimum Gasteiger partial charge on any atom is -0.321 e. The molecule has 4 aromatic carbocycles. The molecule has 0 saturated carbocycles. The molecule has 4 aromatic rings. The molecule has 0 spiro atoms. The molecule has 0 atom stereocenters. The summed E-state index contributed by atoms with van der Waals surface area (Å²) in [5.41, 5.74) is 4.80. The molecule has 0 aliphatic rings. The van der Waals surface area contributed by atoms with Crippen LogP contribution in [-0.4, -0.2) is 20.6 Å². The third-order valence-corrected chi connectivity index (χ3v) is 6.90. The molecule has 0 aliphatic heterocycles. The van der Waals surface area contributed by atoms with Gasteiger partial charge in [-0.2, -0.15) is 0 Å². The molecule has 0 bridgehead atoms. The van der Waals surface area contributed by atoms with Crippen molar-refractivity contribution in [2.24, 2.45) is 0 Å². The number of benzene rings is 4. The standard InChI is InChI=1S/C27H26N2O3S/c1-19-11-16-24(17-20(19)2)29(33(3,31)32)18-21-12-14-23(15-13-21)27(30)28-26-10-6-8-22-7-4-5-9-25(22)26/h4-17H,18H2,1-3H3,(H,28,30). The zero-order valence-electron chi connectivity index (χ0n) is 18.9. The van der Waals surface area contributed by atoms with Crippen LogP contribution >= 0.6 is 0 Å². The number of aryl methyl sites for hydroxylation is 2. The Labute approximate surface area is 194 Å². The van der Waals surface area contributed by atoms with E-state index in [2.05, 4.69) is 5.32 Å². The highest BCUT2D eigenvalue weighted by Crippen LogP contribution is 2.25. The Bertz CT molecular complexity index is 1420. The van der Waals surface area contributed by atoms with Crippen molar-refractivity contribution in [3.63, 3.8) is 0 Å². The average Bonchev–Trinajstić information content (AvgIpc) is 2.79. The van der Waals surface area contributed by atoms with Crippen LogP contribution in [0.3, 0.4) is 0 Å². The number of nitrogens with zero attached hydrogens (tertiary/aromatic N) is 1. The zero-order chi connectivity index (χ0) is 23.6. The summed E-state index contributed by atoms with van der Waals surface area (Å²) in [6.07, 6.45) is 1.20. The molecule has 1 N–H and O–H groups in total. The second-order valence-corrected chi connectivity index (χ2v) is 10.1. The number of carbonyl (C=O) groups is 1. The molecule has 33 heavy (non-hydrogen) atoms. The number of hydrogen-bond donors (Lipinski definition) is 1. The molecule has 0 fully saturated rings. The maximum absolute atomic E-state index is 12.8. The van der Waals surface area contributed by atoms with Crippen LogP contribution in [0.15, 0.2) is 84.9 Å². The molecule has 0 heterocycles. The van der Waals surface area contributed by atoms with Gasteiger partial charge < -0.3 is 5.32 Å². The number of fused-ring (bicyclic) bond motifs is 1. The first-order valence-electron chi connectivity index (χ1n) is 10.7. The highest BCUT2D eigenvalue weighted by molar-refractivity contribution is 7.92. The van der Waals surface area contributed by atoms with Crippen molar-refractivity contribution in [2.75, 3.05) is 15.9 Å². The first-order valence-corrected chi connectivity index (χ1v) is 12.5. The summed E-state index contributed by atoms with van der Waals surface area (Å²) in [7, 11) is -3.48. The van der Waals surface area contributed by atoms with Crippen molar-refractivity contribution >= 4 is 38.1 Å². The van der Waals surface area contributed by atoms with E-state index in [1.165, 1.54) is 10.6 Å². The van der Waals surface area contributed by atoms with E-state index < -0.39 is 10.0 Å². The van der Waals surface area contributed by atoms with Gasteiger partial charge in [-0.15, -0.1) is 0 Å². The quantitative estimate of drug-likeness (QED) is 0.404. The van der Waals surface area contributed by atoms with E-state index in [1.807, 2.05) is 74.5 Å². The van der Waals surface area contributed by atoms with Gasteiger partial charge in [-0.3, -0.25) is 9.10 Å². The van der Waals surface area contributed by atoms with E-state index in [9.17, 15) is 13.2 Å². The predicted molar refractivity (Wildman–Crippen MR) is 135 cm³/mol. The minimum atomic E-state index is -3.48. The van der Waals surface area contributed by atoms with Gasteiger partial charge in [0.1, 0.15) is 0 Å². The molecule has 168 valence electrons. The van der Waals surface area contributed by atoms with Crippen LogP contribution in [-0.2, 0) is 16.6 Å². The summed E-state index contributed by atoms with van der Waals surface area (Å²) in [6, 6.07) is 26.3. The maximum atomic E-state index is 12.8. The van der Waals surface area contributed by atoms with Crippen LogP contribution in [0.25, 0.3) is 10.8 Å². The fraction of sp³-hybridized carbons (Fsp3) is 0.148. The number of carbonyl (C=O) groups excluding carboxylic acids is 1. The molecule has 5 nitrogen and oxygen atoms in total. The molecule has 0 unspecified atom stereocenters. The second-order valence-electron chi connectivity index (χ2n) is 8.22. The van der Waals surface area contributed by atoms with E-state index in [-0.39, 0.29) is 12.5 Å². The molecular weight excluding hydrogens is 432 g/mol. The molecule has 6 heteroatoms. The van der Waals surface area contributed by atoms with Gasteiger partial charge in [-0.1, -0.05) is 54.6 Å². The molecule has 4 rings (SSSR count). The lowest BCUT2D eigenvalue weighted by Gasteiger charge is -2.23. The lowest BCUT2D eigenvalue weighted by molar-refractivity contribution is 0.102. The molecule has 0 radical (unpaired) electrons. The van der Waals surface area contributed by atoms with Gasteiger partial charge in [0.05, 0.1) is 18.5 Å². The van der Waals surface area contributed by atoms with Gasteiger partial charge in [0.25, 0.3) is 5.91 Å². The van der Waals surface area contributed by atoms with Crippen LogP contribution in [0.1, 0.15) is 27.0 Å². The van der Waals surface area contributed by atoms with Crippen molar-refractivity contribution in [3.05, 3.63) is 107 Å². The Hall–Kier alpha value is -3.64. The average molecular weight is 459 g/mol. The number of sulfonamides is 1. The van der Waals surface area contributed by atoms with E-state index in [1.54, 1.807) is 24.3 Å². The monoisotopic (exact) mass is 458 g/mol. The number of rotatable bonds is 6. The van der Waals surface area contributed by atoms with Gasteiger partial charge in [-0.05, 0) is 66.3 Å². The van der Waals surface area contributed by atoms with E-state index in [4.69, 9.17) is 0 Å². The molecule has 1 amide bonds. The van der Waals surface area contributed by atoms with Crippen LogP contribution in [0, 0.1) is 13.8 Å². The van der Waals surface area contributed by atoms with Gasteiger partial charge >= 0.3 is 0 Å². The Kier molecular flexibility index (Phi) is 6.20. The maximum Gasteiger partial charge on any atom is 0.255 e. The van der Waals surface area contributed by atoms with Crippen LogP contribution < -0.4 is 9.62 Å². The van der Waals surface area contributed by atoms with E-state index in [0.29, 0.717) is 11.3 Å². The number of amides is 1. The Morgan fingerprint density at radius 1 is 0.848 bits per heavy atom. The van der Waals surface area contributed by atoms with Gasteiger partial charge in [0.2, 0.25) is 10.0 Å². The van der Waals surface area contributed by atoms with Gasteiger partial charge in [0, 0.05) is 16.6 Å². The SMILES string of the molecule is Cc1ccc(N(Cc2ccc(C(=O)Nc3cccc4ccccc34)cc2)S(C)(=O)=O)cc1C. The predicted octanol–water partition coefficient (Wildman–Crippen LogP) is 5.68. The molecule has 0 saturated heterocycles. The molecular formula is C27H26N2O3S. The third kappa shape index (κ3) is 5.07. The summed E-state index contributed by atoms with van der Waals surface area (Å²) >= 11 is 0. The van der Waals surface area contributed by atoms with E-state index >= 15 is 0 Å². The smallest absolute Gasteiger partial charge is 0.255 e. The Morgan fingerprint density at radius 2 is 1.55 bits per heavy atom. The highest BCUT2D eigenvalue weighted by Gasteiger charge is 2.19. The summed E-state index contributed by atoms with van der Waals surface area (Å²) in [5.74, 6) is -0.216. The van der Waals surface area contributed by atoms with Crippen molar-refractivity contribution in [2.45, 2.75) is 20.4 Å². The van der Waals surface area contributed by atoms with Crippen LogP contribution in [0.4, 0.5) is 11.4 Å². The zero-order valence-corrected chi connectivity index (χ0v) is 19.7. The Morgan fingerprint density at radius 3 is 2.24 bits per heavy atom. The Balaban J connectivity index is 1.54. The van der Waals surface area contributed by atoms with E-state index in [0.717, 1.165) is 33.2 Å². The summed E-state index contributed by atoms with van der Waals surface area (Å²) in [5, 5.41) is 5.01. The topological polar surface area (TPSA) is 66.5 Å². The number of anilines is 2. The van der Waals surface area contributed by atoms with Crippen molar-refractivity contribution < 1.29 is 13.2 Å². The highest BCUT2D eigenvalue weighted by atomic mass is 32.2. The first-order chi connectivity index (χ1) is 15.7. The van der Waals surface area contributed by atoms with Crippen molar-refractivity contribution in [3.8, 4) is 0 Å². The number of nitrogens with one attached hydrogen (secondary N) is 1. The molecule has 0 aromatic heterocycles. The van der Waals surface area contributed by atoms with Crippen molar-refractivity contribution in [1.82, 2.24) is 0 Å². The fourth-order valence-corrected chi connectivity index (χ4v) is 4.62. The minimum absolute atomic E-state index is 0.187.